The molecule has 192 valence electrons. The van der Waals surface area contributed by atoms with Crippen LogP contribution >= 0.6 is 0 Å². The van der Waals surface area contributed by atoms with Gasteiger partial charge < -0.3 is 34.5 Å². The van der Waals surface area contributed by atoms with Gasteiger partial charge in [-0.25, -0.2) is 0 Å². The van der Waals surface area contributed by atoms with E-state index in [1.165, 1.54) is 5.56 Å². The van der Waals surface area contributed by atoms with Crippen molar-refractivity contribution >= 4 is 11.8 Å². The normalized spacial score (nSPS) is 14.6. The first-order valence-corrected chi connectivity index (χ1v) is 12.2. The van der Waals surface area contributed by atoms with E-state index in [1.54, 1.807) is 7.05 Å². The van der Waals surface area contributed by atoms with Gasteiger partial charge in [0.25, 0.3) is 0 Å². The molecule has 1 aliphatic heterocycles. The van der Waals surface area contributed by atoms with Crippen LogP contribution in [0, 0.1) is 6.92 Å². The van der Waals surface area contributed by atoms with Crippen LogP contribution in [0.15, 0.2) is 24.3 Å². The molecule has 0 unspecified atom stereocenters. The first-order chi connectivity index (χ1) is 16.6. The number of unbranched alkanes of at least 4 members (excludes halogenated alkanes) is 1. The van der Waals surface area contributed by atoms with Crippen molar-refractivity contribution in [2.75, 3.05) is 72.9 Å². The Morgan fingerprint density at radius 1 is 0.882 bits per heavy atom. The van der Waals surface area contributed by atoms with Gasteiger partial charge in [0.2, 0.25) is 11.8 Å². The summed E-state index contributed by atoms with van der Waals surface area (Å²) in [6.45, 7) is 7.54. The van der Waals surface area contributed by atoms with Crippen molar-refractivity contribution in [3.63, 3.8) is 0 Å². The summed E-state index contributed by atoms with van der Waals surface area (Å²) in [6.07, 6.45) is 3.65. The number of nitrogens with zero attached hydrogens (tertiary/aromatic N) is 1. The van der Waals surface area contributed by atoms with E-state index in [2.05, 4.69) is 22.5 Å². The molecule has 2 amide bonds. The number of ether oxygens (including phenoxy) is 4. The Labute approximate surface area is 203 Å². The van der Waals surface area contributed by atoms with Crippen LogP contribution in [0.5, 0.6) is 5.75 Å². The average Bonchev–Trinajstić information content (AvgIpc) is 2.85. The van der Waals surface area contributed by atoms with Gasteiger partial charge in [0.15, 0.2) is 0 Å². The fraction of sp³-hybridized carbons (Fsp3) is 0.680. The van der Waals surface area contributed by atoms with E-state index in [1.807, 2.05) is 24.3 Å². The van der Waals surface area contributed by atoms with Crippen LogP contribution in [-0.4, -0.2) is 95.7 Å². The Morgan fingerprint density at radius 2 is 1.53 bits per heavy atom. The highest BCUT2D eigenvalue weighted by Gasteiger charge is 2.20. The Hall–Kier alpha value is -2.20. The summed E-state index contributed by atoms with van der Waals surface area (Å²) in [6, 6.07) is 8.23. The molecule has 9 heteroatoms. The van der Waals surface area contributed by atoms with Gasteiger partial charge in [0.1, 0.15) is 19.0 Å². The number of likely N-dealkylation sites (N-methyl/N-ethyl adjacent to an activating group) is 1. The van der Waals surface area contributed by atoms with Gasteiger partial charge in [-0.3, -0.25) is 9.59 Å². The first kappa shape index (κ1) is 28.0. The number of aryl methyl sites for hydroxylation is 1. The minimum Gasteiger partial charge on any atom is -0.494 e. The Bertz CT molecular complexity index is 692. The van der Waals surface area contributed by atoms with Crippen molar-refractivity contribution in [2.24, 2.45) is 0 Å². The van der Waals surface area contributed by atoms with Gasteiger partial charge >= 0.3 is 0 Å². The van der Waals surface area contributed by atoms with Crippen molar-refractivity contribution < 1.29 is 28.5 Å². The van der Waals surface area contributed by atoms with Gasteiger partial charge in [0.05, 0.1) is 26.4 Å². The quantitative estimate of drug-likeness (QED) is 0.327. The second-order valence-electron chi connectivity index (χ2n) is 8.44. The van der Waals surface area contributed by atoms with Gasteiger partial charge in [-0.1, -0.05) is 17.7 Å². The summed E-state index contributed by atoms with van der Waals surface area (Å²) in [4.78, 5) is 25.5. The van der Waals surface area contributed by atoms with Crippen molar-refractivity contribution in [3.8, 4) is 5.75 Å². The third-order valence-electron chi connectivity index (χ3n) is 5.59. The molecule has 2 N–H and O–H groups in total. The summed E-state index contributed by atoms with van der Waals surface area (Å²) in [5.41, 5.74) is 1.22. The fourth-order valence-electron chi connectivity index (χ4n) is 3.52. The lowest BCUT2D eigenvalue weighted by molar-refractivity contribution is -0.127. The molecule has 0 aliphatic carbocycles. The minimum atomic E-state index is -0.116. The van der Waals surface area contributed by atoms with E-state index in [-0.39, 0.29) is 31.1 Å². The van der Waals surface area contributed by atoms with E-state index in [4.69, 9.17) is 18.9 Å². The lowest BCUT2D eigenvalue weighted by Gasteiger charge is -2.32. The van der Waals surface area contributed by atoms with Crippen molar-refractivity contribution in [1.29, 1.82) is 0 Å². The molecule has 2 rings (SSSR count). The number of nitrogens with one attached hydrogen (secondary N) is 2. The fourth-order valence-corrected chi connectivity index (χ4v) is 3.52. The predicted molar refractivity (Wildman–Crippen MR) is 130 cm³/mol. The largest absolute Gasteiger partial charge is 0.494 e. The number of piperidine rings is 1. The van der Waals surface area contributed by atoms with Gasteiger partial charge in [-0.15, -0.1) is 0 Å². The molecule has 0 saturated carbocycles. The number of carbonyl (C=O) groups excluding carboxylic acids is 2. The molecule has 0 spiro atoms. The minimum absolute atomic E-state index is 0.0568. The molecule has 0 bridgehead atoms. The van der Waals surface area contributed by atoms with Gasteiger partial charge in [-0.05, 0) is 44.7 Å². The number of likely N-dealkylation sites (tertiary alicyclic amines) is 1. The lowest BCUT2D eigenvalue weighted by atomic mass is 10.1. The molecule has 1 saturated heterocycles. The van der Waals surface area contributed by atoms with Crippen LogP contribution in [0.2, 0.25) is 0 Å². The van der Waals surface area contributed by atoms with Crippen molar-refractivity contribution in [2.45, 2.75) is 38.6 Å². The van der Waals surface area contributed by atoms with Crippen LogP contribution in [-0.2, 0) is 23.8 Å². The predicted octanol–water partition coefficient (Wildman–Crippen LogP) is 1.53. The molecule has 1 fully saturated rings. The molecule has 1 aromatic rings. The zero-order valence-corrected chi connectivity index (χ0v) is 20.7. The topological polar surface area (TPSA) is 98.4 Å². The maximum Gasteiger partial charge on any atom is 0.246 e. The van der Waals surface area contributed by atoms with Crippen LogP contribution in [0.3, 0.4) is 0 Å². The maximum absolute atomic E-state index is 12.1. The van der Waals surface area contributed by atoms with E-state index in [0.29, 0.717) is 33.0 Å². The van der Waals surface area contributed by atoms with Crippen LogP contribution < -0.4 is 15.4 Å². The smallest absolute Gasteiger partial charge is 0.246 e. The Morgan fingerprint density at radius 3 is 2.26 bits per heavy atom. The second-order valence-corrected chi connectivity index (χ2v) is 8.44. The maximum atomic E-state index is 12.1. The average molecular weight is 480 g/mol. The molecule has 9 nitrogen and oxygen atoms in total. The first-order valence-electron chi connectivity index (χ1n) is 12.2. The summed E-state index contributed by atoms with van der Waals surface area (Å²) < 4.78 is 22.0. The number of hydrogen-bond acceptors (Lipinski definition) is 7. The standard InChI is InChI=1S/C25H41N3O6/c1-21-5-7-23(8-6-21)34-15-4-3-14-31-17-18-33-20-25(30)27-22-9-11-28(12-10-22)13-16-32-19-24(29)26-2/h5-8,22H,3-4,9-20H2,1-2H3,(H,26,29)(H,27,30). The summed E-state index contributed by atoms with van der Waals surface area (Å²) in [7, 11) is 1.59. The van der Waals surface area contributed by atoms with E-state index >= 15 is 0 Å². The molecule has 34 heavy (non-hydrogen) atoms. The SMILES string of the molecule is CNC(=O)COCCN1CCC(NC(=O)COCCOCCCCOc2ccc(C)cc2)CC1. The van der Waals surface area contributed by atoms with Gasteiger partial charge in [0, 0.05) is 39.3 Å². The van der Waals surface area contributed by atoms with Crippen molar-refractivity contribution in [3.05, 3.63) is 29.8 Å². The van der Waals surface area contributed by atoms with Crippen LogP contribution in [0.1, 0.15) is 31.2 Å². The molecule has 0 radical (unpaired) electrons. The zero-order chi connectivity index (χ0) is 24.4. The van der Waals surface area contributed by atoms with E-state index in [0.717, 1.165) is 51.1 Å². The number of rotatable bonds is 17. The summed E-state index contributed by atoms with van der Waals surface area (Å²) in [5.74, 6) is 0.698. The molecule has 1 heterocycles. The molecule has 0 aromatic heterocycles. The molecule has 1 aliphatic rings. The third kappa shape index (κ3) is 12.9. The number of benzene rings is 1. The highest BCUT2D eigenvalue weighted by molar-refractivity contribution is 5.77. The molecule has 1 aromatic carbocycles. The van der Waals surface area contributed by atoms with Crippen LogP contribution in [0.25, 0.3) is 0 Å². The Kier molecular flexibility index (Phi) is 14.2. The molecular weight excluding hydrogens is 438 g/mol. The molecule has 0 atom stereocenters. The summed E-state index contributed by atoms with van der Waals surface area (Å²) in [5, 5.41) is 5.57. The van der Waals surface area contributed by atoms with Crippen LogP contribution in [0.4, 0.5) is 0 Å². The third-order valence-corrected chi connectivity index (χ3v) is 5.59. The summed E-state index contributed by atoms with van der Waals surface area (Å²) >= 11 is 0. The lowest BCUT2D eigenvalue weighted by Crippen LogP contribution is -2.46. The van der Waals surface area contributed by atoms with Crippen molar-refractivity contribution in [1.82, 2.24) is 15.5 Å². The van der Waals surface area contributed by atoms with Gasteiger partial charge in [-0.2, -0.15) is 0 Å². The zero-order valence-electron chi connectivity index (χ0n) is 20.7. The number of hydrogen-bond donors (Lipinski definition) is 2. The Balaban J connectivity index is 1.36. The highest BCUT2D eigenvalue weighted by Crippen LogP contribution is 2.12. The highest BCUT2D eigenvalue weighted by atomic mass is 16.5. The number of amides is 2. The van der Waals surface area contributed by atoms with E-state index < -0.39 is 0 Å². The monoisotopic (exact) mass is 479 g/mol. The second kappa shape index (κ2) is 17.3. The molecular formula is C25H41N3O6. The number of carbonyl (C=O) groups is 2. The van der Waals surface area contributed by atoms with E-state index in [9.17, 15) is 9.59 Å².